The molecule has 4 nitrogen and oxygen atoms in total. The van der Waals surface area contributed by atoms with Crippen molar-refractivity contribution in [3.63, 3.8) is 0 Å². The van der Waals surface area contributed by atoms with E-state index in [-0.39, 0.29) is 12.2 Å². The van der Waals surface area contributed by atoms with Gasteiger partial charge >= 0.3 is 0 Å². The third-order valence-corrected chi connectivity index (χ3v) is 3.71. The first-order valence-electron chi connectivity index (χ1n) is 7.02. The highest BCUT2D eigenvalue weighted by molar-refractivity contribution is 5.01. The summed E-state index contributed by atoms with van der Waals surface area (Å²) in [5.74, 6) is 0. The van der Waals surface area contributed by atoms with E-state index in [2.05, 4.69) is 18.9 Å². The van der Waals surface area contributed by atoms with Gasteiger partial charge in [0.2, 0.25) is 0 Å². The Balaban J connectivity index is 1.82. The number of hydrogen-bond acceptors (Lipinski definition) is 3. The van der Waals surface area contributed by atoms with Crippen LogP contribution in [0.2, 0.25) is 0 Å². The zero-order valence-corrected chi connectivity index (χ0v) is 11.4. The average Bonchev–Trinajstić information content (AvgIpc) is 2.99. The summed E-state index contributed by atoms with van der Waals surface area (Å²) in [6.45, 7) is 5.15. The second-order valence-electron chi connectivity index (χ2n) is 5.27. The second kappa shape index (κ2) is 6.34. The van der Waals surface area contributed by atoms with Crippen molar-refractivity contribution in [3.05, 3.63) is 18.0 Å². The molecule has 1 aliphatic heterocycles. The molecule has 102 valence electrons. The van der Waals surface area contributed by atoms with Crippen LogP contribution in [0, 0.1) is 0 Å². The molecule has 1 saturated heterocycles. The summed E-state index contributed by atoms with van der Waals surface area (Å²) in [4.78, 5) is 0. The first-order chi connectivity index (χ1) is 8.69. The highest BCUT2D eigenvalue weighted by atomic mass is 16.5. The minimum Gasteiger partial charge on any atom is -0.393 e. The fourth-order valence-corrected chi connectivity index (χ4v) is 2.38. The van der Waals surface area contributed by atoms with Crippen LogP contribution < -0.4 is 0 Å². The molecule has 18 heavy (non-hydrogen) atoms. The maximum absolute atomic E-state index is 10.0. The van der Waals surface area contributed by atoms with E-state index in [1.807, 2.05) is 16.9 Å². The van der Waals surface area contributed by atoms with E-state index < -0.39 is 0 Å². The molecule has 0 spiro atoms. The van der Waals surface area contributed by atoms with Crippen molar-refractivity contribution in [2.45, 2.75) is 64.2 Å². The summed E-state index contributed by atoms with van der Waals surface area (Å²) in [5, 5.41) is 14.6. The summed E-state index contributed by atoms with van der Waals surface area (Å²) in [6.07, 6.45) is 6.55. The van der Waals surface area contributed by atoms with Gasteiger partial charge < -0.3 is 9.84 Å². The molecule has 1 aromatic heterocycles. The fourth-order valence-electron chi connectivity index (χ4n) is 2.38. The van der Waals surface area contributed by atoms with Crippen LogP contribution in [0.3, 0.4) is 0 Å². The summed E-state index contributed by atoms with van der Waals surface area (Å²) in [5.41, 5.74) is 0.973. The predicted molar refractivity (Wildman–Crippen MR) is 70.5 cm³/mol. The van der Waals surface area contributed by atoms with E-state index in [4.69, 9.17) is 4.74 Å². The van der Waals surface area contributed by atoms with Gasteiger partial charge in [-0.25, -0.2) is 0 Å². The van der Waals surface area contributed by atoms with Gasteiger partial charge in [0, 0.05) is 25.3 Å². The third kappa shape index (κ3) is 3.56. The molecule has 1 aliphatic rings. The largest absolute Gasteiger partial charge is 0.393 e. The monoisotopic (exact) mass is 252 g/mol. The van der Waals surface area contributed by atoms with Crippen LogP contribution in [-0.4, -0.2) is 33.7 Å². The van der Waals surface area contributed by atoms with E-state index in [0.717, 1.165) is 38.0 Å². The Kier molecular flexibility index (Phi) is 4.78. The van der Waals surface area contributed by atoms with Gasteiger partial charge in [-0.15, -0.1) is 0 Å². The van der Waals surface area contributed by atoms with Crippen LogP contribution in [0.25, 0.3) is 0 Å². The number of aliphatic hydroxyl groups excluding tert-OH is 1. The summed E-state index contributed by atoms with van der Waals surface area (Å²) >= 11 is 0. The smallest absolute Gasteiger partial charge is 0.0650 e. The molecule has 0 radical (unpaired) electrons. The molecule has 2 rings (SSSR count). The molecule has 1 N–H and O–H groups in total. The highest BCUT2D eigenvalue weighted by Crippen LogP contribution is 2.18. The molecule has 0 amide bonds. The SMILES string of the molecule is CCC(C)n1ccc(CC(O)CC2CCCO2)n1. The molecule has 0 saturated carbocycles. The lowest BCUT2D eigenvalue weighted by atomic mass is 10.1. The third-order valence-electron chi connectivity index (χ3n) is 3.71. The normalized spacial score (nSPS) is 23.2. The Morgan fingerprint density at radius 3 is 3.11 bits per heavy atom. The Labute approximate surface area is 109 Å². The van der Waals surface area contributed by atoms with E-state index in [1.54, 1.807) is 0 Å². The van der Waals surface area contributed by atoms with Crippen molar-refractivity contribution < 1.29 is 9.84 Å². The first-order valence-corrected chi connectivity index (χ1v) is 7.02. The number of ether oxygens (including phenoxy) is 1. The summed E-state index contributed by atoms with van der Waals surface area (Å²) in [6, 6.07) is 2.43. The molecule has 1 aromatic rings. The van der Waals surface area contributed by atoms with E-state index in [9.17, 15) is 5.11 Å². The molecule has 4 heteroatoms. The summed E-state index contributed by atoms with van der Waals surface area (Å²) in [7, 11) is 0. The molecular weight excluding hydrogens is 228 g/mol. The van der Waals surface area contributed by atoms with Crippen LogP contribution in [0.5, 0.6) is 0 Å². The van der Waals surface area contributed by atoms with Gasteiger partial charge in [0.05, 0.1) is 17.9 Å². The number of rotatable bonds is 6. The van der Waals surface area contributed by atoms with Gasteiger partial charge in [-0.3, -0.25) is 4.68 Å². The van der Waals surface area contributed by atoms with Gasteiger partial charge in [0.1, 0.15) is 0 Å². The topological polar surface area (TPSA) is 47.3 Å². The van der Waals surface area contributed by atoms with Gasteiger partial charge in [-0.05, 0) is 38.7 Å². The molecule has 1 fully saturated rings. The van der Waals surface area contributed by atoms with E-state index >= 15 is 0 Å². The standard InChI is InChI=1S/C14H24N2O2/c1-3-11(2)16-7-6-12(15-16)9-13(17)10-14-5-4-8-18-14/h6-7,11,13-14,17H,3-5,8-10H2,1-2H3. The second-order valence-corrected chi connectivity index (χ2v) is 5.27. The molecule has 2 heterocycles. The number of nitrogens with zero attached hydrogens (tertiary/aromatic N) is 2. The van der Waals surface area contributed by atoms with Crippen molar-refractivity contribution in [2.75, 3.05) is 6.61 Å². The number of aromatic nitrogens is 2. The van der Waals surface area contributed by atoms with Crippen molar-refractivity contribution in [2.24, 2.45) is 0 Å². The summed E-state index contributed by atoms with van der Waals surface area (Å²) < 4.78 is 7.52. The van der Waals surface area contributed by atoms with Gasteiger partial charge in [-0.2, -0.15) is 5.10 Å². The minimum atomic E-state index is -0.339. The van der Waals surface area contributed by atoms with Crippen molar-refractivity contribution in [3.8, 4) is 0 Å². The molecule has 0 aliphatic carbocycles. The van der Waals surface area contributed by atoms with Crippen molar-refractivity contribution >= 4 is 0 Å². The van der Waals surface area contributed by atoms with Crippen LogP contribution in [0.1, 0.15) is 51.3 Å². The van der Waals surface area contributed by atoms with Gasteiger partial charge in [0.15, 0.2) is 0 Å². The Hall–Kier alpha value is -0.870. The van der Waals surface area contributed by atoms with E-state index in [1.165, 1.54) is 0 Å². The van der Waals surface area contributed by atoms with Crippen LogP contribution in [0.4, 0.5) is 0 Å². The van der Waals surface area contributed by atoms with Gasteiger partial charge in [-0.1, -0.05) is 6.92 Å². The maximum Gasteiger partial charge on any atom is 0.0650 e. The quantitative estimate of drug-likeness (QED) is 0.845. The van der Waals surface area contributed by atoms with Crippen LogP contribution >= 0.6 is 0 Å². The molecule has 0 aromatic carbocycles. The Bertz CT molecular complexity index is 358. The van der Waals surface area contributed by atoms with Crippen molar-refractivity contribution in [1.82, 2.24) is 9.78 Å². The average molecular weight is 252 g/mol. The van der Waals surface area contributed by atoms with Crippen molar-refractivity contribution in [1.29, 1.82) is 0 Å². The fraction of sp³-hybridized carbons (Fsp3) is 0.786. The van der Waals surface area contributed by atoms with Crippen LogP contribution in [-0.2, 0) is 11.2 Å². The number of hydrogen-bond donors (Lipinski definition) is 1. The van der Waals surface area contributed by atoms with Gasteiger partial charge in [0.25, 0.3) is 0 Å². The number of aliphatic hydroxyl groups is 1. The van der Waals surface area contributed by atoms with E-state index in [0.29, 0.717) is 12.5 Å². The lowest BCUT2D eigenvalue weighted by Crippen LogP contribution is -2.19. The lowest BCUT2D eigenvalue weighted by molar-refractivity contribution is 0.0537. The highest BCUT2D eigenvalue weighted by Gasteiger charge is 2.20. The molecule has 3 atom stereocenters. The molecular formula is C14H24N2O2. The lowest BCUT2D eigenvalue weighted by Gasteiger charge is -2.14. The Morgan fingerprint density at radius 1 is 1.61 bits per heavy atom. The predicted octanol–water partition coefficient (Wildman–Crippen LogP) is 2.33. The zero-order valence-electron chi connectivity index (χ0n) is 11.4. The zero-order chi connectivity index (χ0) is 13.0. The first kappa shape index (κ1) is 13.6. The Morgan fingerprint density at radius 2 is 2.44 bits per heavy atom. The molecule has 0 bridgehead atoms. The van der Waals surface area contributed by atoms with Crippen LogP contribution in [0.15, 0.2) is 12.3 Å². The minimum absolute atomic E-state index is 0.247. The molecule has 3 unspecified atom stereocenters. The maximum atomic E-state index is 10.0.